The highest BCUT2D eigenvalue weighted by atomic mass is 35.5. The summed E-state index contributed by atoms with van der Waals surface area (Å²) in [4.78, 5) is 27.7. The van der Waals surface area contributed by atoms with Crippen LogP contribution < -0.4 is 5.32 Å². The third-order valence-electron chi connectivity index (χ3n) is 5.19. The van der Waals surface area contributed by atoms with Crippen LogP contribution in [0.3, 0.4) is 0 Å². The third kappa shape index (κ3) is 3.08. The summed E-state index contributed by atoms with van der Waals surface area (Å²) in [5.41, 5.74) is 2.04. The van der Waals surface area contributed by atoms with Gasteiger partial charge in [0, 0.05) is 18.8 Å². The van der Waals surface area contributed by atoms with Crippen molar-refractivity contribution < 1.29 is 9.59 Å². The van der Waals surface area contributed by atoms with Gasteiger partial charge in [-0.15, -0.1) is 0 Å². The number of nitrogens with zero attached hydrogens (tertiary/aromatic N) is 1. The number of carbonyl (C=O) groups excluding carboxylic acids is 2. The minimum atomic E-state index is -0.946. The van der Waals surface area contributed by atoms with E-state index < -0.39 is 5.41 Å². The predicted molar refractivity (Wildman–Crippen MR) is 102 cm³/mol. The van der Waals surface area contributed by atoms with Gasteiger partial charge in [-0.3, -0.25) is 9.59 Å². The van der Waals surface area contributed by atoms with Gasteiger partial charge in [0.05, 0.1) is 10.0 Å². The molecule has 0 unspecified atom stereocenters. The van der Waals surface area contributed by atoms with E-state index in [4.69, 9.17) is 23.2 Å². The number of carbonyl (C=O) groups is 2. The Morgan fingerprint density at radius 3 is 2.42 bits per heavy atom. The fraction of sp³-hybridized carbons (Fsp3) is 0.300. The van der Waals surface area contributed by atoms with Gasteiger partial charge in [-0.2, -0.15) is 0 Å². The number of hydrogen-bond donors (Lipinski definition) is 1. The summed E-state index contributed by atoms with van der Waals surface area (Å²) in [5.74, 6) is -0.343. The molecule has 2 aromatic carbocycles. The molecule has 0 aromatic heterocycles. The topological polar surface area (TPSA) is 49.4 Å². The highest BCUT2D eigenvalue weighted by Crippen LogP contribution is 2.48. The number of amides is 2. The lowest BCUT2D eigenvalue weighted by Gasteiger charge is -2.31. The molecule has 1 heterocycles. The van der Waals surface area contributed by atoms with Crippen molar-refractivity contribution in [3.8, 4) is 0 Å². The zero-order valence-electron chi connectivity index (χ0n) is 14.1. The summed E-state index contributed by atoms with van der Waals surface area (Å²) in [6.07, 6.45) is 1.99. The normalized spacial score (nSPS) is 17.4. The van der Waals surface area contributed by atoms with E-state index >= 15 is 0 Å². The maximum absolute atomic E-state index is 13.1. The molecular weight excluding hydrogens is 371 g/mol. The highest BCUT2D eigenvalue weighted by Gasteiger charge is 2.58. The van der Waals surface area contributed by atoms with Crippen molar-refractivity contribution >= 4 is 40.7 Å². The van der Waals surface area contributed by atoms with Crippen LogP contribution in [0.4, 0.5) is 5.69 Å². The minimum absolute atomic E-state index is 0.0791. The van der Waals surface area contributed by atoms with Crippen molar-refractivity contribution in [3.63, 3.8) is 0 Å². The molecule has 2 amide bonds. The number of anilines is 1. The van der Waals surface area contributed by atoms with Gasteiger partial charge in [0.1, 0.15) is 5.41 Å². The van der Waals surface area contributed by atoms with Crippen LogP contribution in [0.5, 0.6) is 0 Å². The zero-order chi connectivity index (χ0) is 18.3. The maximum atomic E-state index is 13.1. The largest absolute Gasteiger partial charge is 0.337 e. The SMILES string of the molecule is O=C(Nc1ccc(Cl)c(Cl)c1)C1(C(=O)N2CCc3ccccc3C2)CC1. The van der Waals surface area contributed by atoms with E-state index in [1.54, 1.807) is 18.2 Å². The quantitative estimate of drug-likeness (QED) is 0.796. The van der Waals surface area contributed by atoms with Crippen LogP contribution in [-0.2, 0) is 22.6 Å². The van der Waals surface area contributed by atoms with Crippen LogP contribution >= 0.6 is 23.2 Å². The van der Waals surface area contributed by atoms with Gasteiger partial charge >= 0.3 is 0 Å². The number of fused-ring (bicyclic) bond motifs is 1. The first kappa shape index (κ1) is 17.4. The third-order valence-corrected chi connectivity index (χ3v) is 5.93. The van der Waals surface area contributed by atoms with Gasteiger partial charge < -0.3 is 10.2 Å². The summed E-state index contributed by atoms with van der Waals surface area (Å²) in [5, 5.41) is 3.62. The van der Waals surface area contributed by atoms with E-state index in [0.717, 1.165) is 12.0 Å². The van der Waals surface area contributed by atoms with Crippen molar-refractivity contribution in [1.82, 2.24) is 4.90 Å². The zero-order valence-corrected chi connectivity index (χ0v) is 15.6. The van der Waals surface area contributed by atoms with Gasteiger partial charge in [0.15, 0.2) is 0 Å². The Hall–Kier alpha value is -2.04. The van der Waals surface area contributed by atoms with Gasteiger partial charge in [0.2, 0.25) is 11.8 Å². The molecule has 0 bridgehead atoms. The van der Waals surface area contributed by atoms with Crippen molar-refractivity contribution in [2.45, 2.75) is 25.8 Å². The Bertz CT molecular complexity index is 893. The fourth-order valence-electron chi connectivity index (χ4n) is 3.46. The molecule has 4 nitrogen and oxygen atoms in total. The standard InChI is InChI=1S/C20H18Cl2N2O2/c21-16-6-5-15(11-17(16)22)23-18(25)20(8-9-20)19(26)24-10-7-13-3-1-2-4-14(13)12-24/h1-6,11H,7-10,12H2,(H,23,25). The Balaban J connectivity index is 1.49. The average Bonchev–Trinajstić information content (AvgIpc) is 3.46. The van der Waals surface area contributed by atoms with E-state index in [2.05, 4.69) is 11.4 Å². The van der Waals surface area contributed by atoms with Crippen LogP contribution in [0, 0.1) is 5.41 Å². The number of benzene rings is 2. The first-order valence-electron chi connectivity index (χ1n) is 8.62. The van der Waals surface area contributed by atoms with Crippen LogP contribution in [0.2, 0.25) is 10.0 Å². The first-order chi connectivity index (χ1) is 12.5. The van der Waals surface area contributed by atoms with E-state index in [-0.39, 0.29) is 11.8 Å². The monoisotopic (exact) mass is 388 g/mol. The molecule has 4 rings (SSSR count). The molecule has 0 atom stereocenters. The average molecular weight is 389 g/mol. The molecule has 134 valence electrons. The lowest BCUT2D eigenvalue weighted by molar-refractivity contribution is -0.143. The first-order valence-corrected chi connectivity index (χ1v) is 9.38. The highest BCUT2D eigenvalue weighted by molar-refractivity contribution is 6.42. The number of halogens is 2. The predicted octanol–water partition coefficient (Wildman–Crippen LogP) is 4.30. The number of nitrogens with one attached hydrogen (secondary N) is 1. The number of rotatable bonds is 3. The second kappa shape index (κ2) is 6.60. The molecule has 6 heteroatoms. The van der Waals surface area contributed by atoms with Crippen molar-refractivity contribution in [3.05, 3.63) is 63.6 Å². The molecule has 0 radical (unpaired) electrons. The van der Waals surface area contributed by atoms with Crippen molar-refractivity contribution in [1.29, 1.82) is 0 Å². The molecule has 2 aromatic rings. The minimum Gasteiger partial charge on any atom is -0.337 e. The van der Waals surface area contributed by atoms with Gasteiger partial charge in [-0.1, -0.05) is 47.5 Å². The van der Waals surface area contributed by atoms with E-state index in [0.29, 0.717) is 41.7 Å². The van der Waals surface area contributed by atoms with Crippen LogP contribution in [0.15, 0.2) is 42.5 Å². The molecule has 1 aliphatic carbocycles. The maximum Gasteiger partial charge on any atom is 0.240 e. The van der Waals surface area contributed by atoms with Crippen molar-refractivity contribution in [2.24, 2.45) is 5.41 Å². The van der Waals surface area contributed by atoms with E-state index in [1.807, 2.05) is 23.1 Å². The summed E-state index contributed by atoms with van der Waals surface area (Å²) < 4.78 is 0. The summed E-state index contributed by atoms with van der Waals surface area (Å²) in [7, 11) is 0. The van der Waals surface area contributed by atoms with Crippen molar-refractivity contribution in [2.75, 3.05) is 11.9 Å². The number of hydrogen-bond acceptors (Lipinski definition) is 2. The molecule has 1 saturated carbocycles. The lowest BCUT2D eigenvalue weighted by atomic mass is 9.97. The van der Waals surface area contributed by atoms with Crippen LogP contribution in [-0.4, -0.2) is 23.3 Å². The summed E-state index contributed by atoms with van der Waals surface area (Å²) >= 11 is 11.9. The molecule has 0 saturated heterocycles. The molecule has 2 aliphatic rings. The van der Waals surface area contributed by atoms with E-state index in [9.17, 15) is 9.59 Å². The smallest absolute Gasteiger partial charge is 0.240 e. The van der Waals surface area contributed by atoms with Crippen LogP contribution in [0.25, 0.3) is 0 Å². The van der Waals surface area contributed by atoms with E-state index in [1.165, 1.54) is 5.56 Å². The molecule has 1 fully saturated rings. The summed E-state index contributed by atoms with van der Waals surface area (Å²) in [6, 6.07) is 13.1. The van der Waals surface area contributed by atoms with Crippen LogP contribution in [0.1, 0.15) is 24.0 Å². The van der Waals surface area contributed by atoms with Gasteiger partial charge in [0.25, 0.3) is 0 Å². The molecule has 26 heavy (non-hydrogen) atoms. The Labute approximate surface area is 162 Å². The molecular formula is C20H18Cl2N2O2. The Morgan fingerprint density at radius 1 is 1.00 bits per heavy atom. The lowest BCUT2D eigenvalue weighted by Crippen LogP contribution is -2.45. The van der Waals surface area contributed by atoms with Gasteiger partial charge in [-0.25, -0.2) is 0 Å². The Kier molecular flexibility index (Phi) is 4.41. The second-order valence-electron chi connectivity index (χ2n) is 6.91. The fourth-order valence-corrected chi connectivity index (χ4v) is 3.76. The second-order valence-corrected chi connectivity index (χ2v) is 7.72. The Morgan fingerprint density at radius 2 is 1.73 bits per heavy atom. The summed E-state index contributed by atoms with van der Waals surface area (Å²) in [6.45, 7) is 1.22. The molecule has 1 aliphatic heterocycles. The molecule has 1 N–H and O–H groups in total. The van der Waals surface area contributed by atoms with Gasteiger partial charge in [-0.05, 0) is 48.6 Å². The molecule has 0 spiro atoms.